The third-order valence-electron chi connectivity index (χ3n) is 3.38. The van der Waals surface area contributed by atoms with Crippen molar-refractivity contribution in [3.8, 4) is 5.75 Å². The number of methoxy groups -OCH3 is 1. The van der Waals surface area contributed by atoms with Gasteiger partial charge in [-0.15, -0.1) is 0 Å². The summed E-state index contributed by atoms with van der Waals surface area (Å²) in [6.45, 7) is 0.350. The maximum atomic E-state index is 11.6. The Hall–Kier alpha value is -2.57. The van der Waals surface area contributed by atoms with Crippen molar-refractivity contribution in [2.75, 3.05) is 25.7 Å². The second-order valence-corrected chi connectivity index (χ2v) is 4.90. The number of likely N-dealkylation sites (N-methyl/N-ethyl adjacent to an activating group) is 1. The first kappa shape index (κ1) is 15.8. The molecule has 0 atom stereocenters. The highest BCUT2D eigenvalue weighted by Crippen LogP contribution is 2.31. The summed E-state index contributed by atoms with van der Waals surface area (Å²) in [6.07, 6.45) is 0.136. The summed E-state index contributed by atoms with van der Waals surface area (Å²) in [4.78, 5) is 35.7. The van der Waals surface area contributed by atoms with Crippen molar-refractivity contribution in [3.63, 3.8) is 0 Å². The Morgan fingerprint density at radius 3 is 2.86 bits per heavy atom. The molecule has 0 fully saturated rings. The van der Waals surface area contributed by atoms with Gasteiger partial charge in [0.15, 0.2) is 6.61 Å². The van der Waals surface area contributed by atoms with Crippen molar-refractivity contribution in [2.24, 2.45) is 0 Å². The van der Waals surface area contributed by atoms with Gasteiger partial charge in [-0.1, -0.05) is 6.07 Å². The number of fused-ring (bicyclic) bond motifs is 1. The minimum atomic E-state index is -0.416. The van der Waals surface area contributed by atoms with E-state index in [1.807, 2.05) is 6.07 Å². The number of benzene rings is 1. The van der Waals surface area contributed by atoms with Crippen LogP contribution in [0.5, 0.6) is 5.75 Å². The van der Waals surface area contributed by atoms with Gasteiger partial charge in [0, 0.05) is 20.0 Å². The smallest absolute Gasteiger partial charge is 0.306 e. The zero-order valence-corrected chi connectivity index (χ0v) is 12.5. The Morgan fingerprint density at radius 1 is 1.36 bits per heavy atom. The summed E-state index contributed by atoms with van der Waals surface area (Å²) >= 11 is 0. The molecule has 0 radical (unpaired) electrons. The third-order valence-corrected chi connectivity index (χ3v) is 3.38. The Balaban J connectivity index is 1.93. The van der Waals surface area contributed by atoms with E-state index in [1.54, 1.807) is 19.2 Å². The highest BCUT2D eigenvalue weighted by atomic mass is 16.5. The largest absolute Gasteiger partial charge is 0.482 e. The van der Waals surface area contributed by atoms with Crippen LogP contribution in [0, 0.1) is 0 Å². The van der Waals surface area contributed by atoms with E-state index in [0.717, 1.165) is 5.56 Å². The molecule has 2 rings (SSSR count). The molecular formula is C15H18N2O5. The molecule has 1 aliphatic heterocycles. The number of hydrogen-bond donors (Lipinski definition) is 1. The summed E-state index contributed by atoms with van der Waals surface area (Å²) in [6, 6.07) is 5.39. The van der Waals surface area contributed by atoms with E-state index < -0.39 is 5.97 Å². The molecule has 1 aromatic rings. The number of anilines is 1. The van der Waals surface area contributed by atoms with Crippen LogP contribution in [0.2, 0.25) is 0 Å². The van der Waals surface area contributed by atoms with Gasteiger partial charge in [-0.25, -0.2) is 0 Å². The maximum Gasteiger partial charge on any atom is 0.306 e. The van der Waals surface area contributed by atoms with E-state index in [9.17, 15) is 14.4 Å². The van der Waals surface area contributed by atoms with Gasteiger partial charge in [-0.2, -0.15) is 0 Å². The van der Waals surface area contributed by atoms with Crippen molar-refractivity contribution in [1.29, 1.82) is 0 Å². The molecule has 0 spiro atoms. The van der Waals surface area contributed by atoms with Gasteiger partial charge in [0.25, 0.3) is 5.91 Å². The molecule has 7 heteroatoms. The number of nitrogens with one attached hydrogen (secondary N) is 1. The molecule has 0 saturated carbocycles. The second kappa shape index (κ2) is 6.93. The molecule has 1 N–H and O–H groups in total. The Morgan fingerprint density at radius 2 is 2.14 bits per heavy atom. The van der Waals surface area contributed by atoms with Crippen molar-refractivity contribution in [2.45, 2.75) is 19.4 Å². The van der Waals surface area contributed by atoms with Crippen LogP contribution < -0.4 is 15.0 Å². The summed E-state index contributed by atoms with van der Waals surface area (Å²) in [5, 5.41) is 2.72. The van der Waals surface area contributed by atoms with Gasteiger partial charge < -0.3 is 19.7 Å². The Bertz CT molecular complexity index is 600. The molecular weight excluding hydrogens is 288 g/mol. The molecule has 0 unspecified atom stereocenters. The second-order valence-electron chi connectivity index (χ2n) is 4.90. The number of carbonyl (C=O) groups is 3. The first-order valence-electron chi connectivity index (χ1n) is 6.87. The normalized spacial score (nSPS) is 13.2. The Kier molecular flexibility index (Phi) is 4.98. The number of rotatable bonds is 5. The molecule has 22 heavy (non-hydrogen) atoms. The standard InChI is InChI=1S/C15H18N2O5/c1-17-11-7-10(3-4-12(11)22-9-14(17)19)8-16-13(18)5-6-15(20)21-2/h3-4,7H,5-6,8-9H2,1-2H3,(H,16,18). The highest BCUT2D eigenvalue weighted by molar-refractivity contribution is 5.97. The SMILES string of the molecule is COC(=O)CCC(=O)NCc1ccc2c(c1)N(C)C(=O)CO2. The number of hydrogen-bond acceptors (Lipinski definition) is 5. The fourth-order valence-corrected chi connectivity index (χ4v) is 2.03. The lowest BCUT2D eigenvalue weighted by atomic mass is 10.1. The topological polar surface area (TPSA) is 84.9 Å². The molecule has 2 amide bonds. The lowest BCUT2D eigenvalue weighted by Gasteiger charge is -2.26. The molecule has 0 aromatic heterocycles. The van der Waals surface area contributed by atoms with Crippen LogP contribution in [0.3, 0.4) is 0 Å². The van der Waals surface area contributed by atoms with Crippen molar-refractivity contribution >= 4 is 23.5 Å². The average molecular weight is 306 g/mol. The third kappa shape index (κ3) is 3.75. The van der Waals surface area contributed by atoms with Crippen LogP contribution in [0.1, 0.15) is 18.4 Å². The van der Waals surface area contributed by atoms with Gasteiger partial charge in [-0.05, 0) is 17.7 Å². The summed E-state index contributed by atoms with van der Waals surface area (Å²) in [5.41, 5.74) is 1.52. The molecule has 118 valence electrons. The van der Waals surface area contributed by atoms with Gasteiger partial charge in [0.2, 0.25) is 5.91 Å². The molecule has 0 bridgehead atoms. The fraction of sp³-hybridized carbons (Fsp3) is 0.400. The fourth-order valence-electron chi connectivity index (χ4n) is 2.03. The van der Waals surface area contributed by atoms with E-state index in [1.165, 1.54) is 12.0 Å². The molecule has 7 nitrogen and oxygen atoms in total. The average Bonchev–Trinajstić information content (AvgIpc) is 2.54. The quantitative estimate of drug-likeness (QED) is 0.806. The van der Waals surface area contributed by atoms with Crippen LogP contribution >= 0.6 is 0 Å². The van der Waals surface area contributed by atoms with E-state index in [-0.39, 0.29) is 31.3 Å². The van der Waals surface area contributed by atoms with E-state index in [0.29, 0.717) is 18.0 Å². The van der Waals surface area contributed by atoms with Gasteiger partial charge in [0.1, 0.15) is 5.75 Å². The van der Waals surface area contributed by atoms with E-state index in [4.69, 9.17) is 4.74 Å². The van der Waals surface area contributed by atoms with Crippen LogP contribution in [0.15, 0.2) is 18.2 Å². The minimum Gasteiger partial charge on any atom is -0.482 e. The molecule has 1 heterocycles. The summed E-state index contributed by atoms with van der Waals surface area (Å²) in [7, 11) is 2.97. The predicted molar refractivity (Wildman–Crippen MR) is 78.4 cm³/mol. The monoisotopic (exact) mass is 306 g/mol. The lowest BCUT2D eigenvalue weighted by Crippen LogP contribution is -2.35. The Labute approximate surface area is 128 Å². The number of esters is 1. The van der Waals surface area contributed by atoms with E-state index in [2.05, 4.69) is 10.1 Å². The maximum absolute atomic E-state index is 11.6. The molecule has 1 aromatic carbocycles. The van der Waals surface area contributed by atoms with Gasteiger partial charge in [0.05, 0.1) is 19.2 Å². The molecule has 0 aliphatic carbocycles. The summed E-state index contributed by atoms with van der Waals surface area (Å²) in [5.74, 6) is -0.125. The first-order chi connectivity index (χ1) is 10.5. The lowest BCUT2D eigenvalue weighted by molar-refractivity contribution is -0.142. The molecule has 0 saturated heterocycles. The number of amides is 2. The highest BCUT2D eigenvalue weighted by Gasteiger charge is 2.22. The zero-order chi connectivity index (χ0) is 16.1. The summed E-state index contributed by atoms with van der Waals surface area (Å²) < 4.78 is 9.81. The van der Waals surface area contributed by atoms with Crippen LogP contribution in [-0.4, -0.2) is 38.5 Å². The van der Waals surface area contributed by atoms with Crippen molar-refractivity contribution < 1.29 is 23.9 Å². The van der Waals surface area contributed by atoms with Gasteiger partial charge >= 0.3 is 5.97 Å². The number of nitrogens with zero attached hydrogens (tertiary/aromatic N) is 1. The number of carbonyl (C=O) groups excluding carboxylic acids is 3. The van der Waals surface area contributed by atoms with E-state index >= 15 is 0 Å². The van der Waals surface area contributed by atoms with Crippen molar-refractivity contribution in [3.05, 3.63) is 23.8 Å². The molecule has 1 aliphatic rings. The van der Waals surface area contributed by atoms with Crippen LogP contribution in [-0.2, 0) is 25.7 Å². The van der Waals surface area contributed by atoms with Gasteiger partial charge in [-0.3, -0.25) is 14.4 Å². The zero-order valence-electron chi connectivity index (χ0n) is 12.5. The van der Waals surface area contributed by atoms with Crippen LogP contribution in [0.4, 0.5) is 5.69 Å². The first-order valence-corrected chi connectivity index (χ1v) is 6.87. The van der Waals surface area contributed by atoms with Crippen molar-refractivity contribution in [1.82, 2.24) is 5.32 Å². The predicted octanol–water partition coefficient (Wildman–Crippen LogP) is 0.611. The van der Waals surface area contributed by atoms with Crippen LogP contribution in [0.25, 0.3) is 0 Å². The number of ether oxygens (including phenoxy) is 2. The minimum absolute atomic E-state index is 0.0348.